The Kier molecular flexibility index (Phi) is 7.29. The van der Waals surface area contributed by atoms with Gasteiger partial charge in [-0.2, -0.15) is 13.2 Å². The minimum atomic E-state index is -4.53. The summed E-state index contributed by atoms with van der Waals surface area (Å²) < 4.78 is 66.5. The van der Waals surface area contributed by atoms with Crippen molar-refractivity contribution in [2.24, 2.45) is 0 Å². The van der Waals surface area contributed by atoms with Crippen molar-refractivity contribution in [3.05, 3.63) is 71.6 Å². The fourth-order valence-electron chi connectivity index (χ4n) is 3.31. The fraction of sp³-hybridized carbons (Fsp3) is 0.318. The number of aryl methyl sites for hydroxylation is 1. The first kappa shape index (κ1) is 24.1. The third-order valence-corrected chi connectivity index (χ3v) is 5.07. The van der Waals surface area contributed by atoms with Crippen LogP contribution in [0.25, 0.3) is 11.4 Å². The average molecular weight is 465 g/mol. The van der Waals surface area contributed by atoms with Crippen molar-refractivity contribution >= 4 is 5.91 Å². The lowest BCUT2D eigenvalue weighted by Gasteiger charge is -2.29. The summed E-state index contributed by atoms with van der Waals surface area (Å²) in [6.45, 7) is 3.72. The summed E-state index contributed by atoms with van der Waals surface area (Å²) in [5.41, 5.74) is -1.38. The van der Waals surface area contributed by atoms with Gasteiger partial charge in [0.25, 0.3) is 5.91 Å². The van der Waals surface area contributed by atoms with Crippen molar-refractivity contribution in [2.45, 2.75) is 38.9 Å². The molecule has 11 heteroatoms. The Morgan fingerprint density at radius 3 is 2.27 bits per heavy atom. The number of amides is 1. The van der Waals surface area contributed by atoms with Gasteiger partial charge in [-0.1, -0.05) is 0 Å². The molecule has 1 aromatic carbocycles. The zero-order chi connectivity index (χ0) is 24.2. The van der Waals surface area contributed by atoms with Crippen LogP contribution in [0.15, 0.2) is 43.0 Å². The predicted molar refractivity (Wildman–Crippen MR) is 109 cm³/mol. The van der Waals surface area contributed by atoms with E-state index in [0.717, 1.165) is 6.07 Å². The van der Waals surface area contributed by atoms with Crippen molar-refractivity contribution < 1.29 is 26.7 Å². The van der Waals surface area contributed by atoms with Crippen LogP contribution in [0, 0.1) is 11.6 Å². The molecule has 0 fully saturated rings. The lowest BCUT2D eigenvalue weighted by atomic mass is 10.0. The molecule has 0 radical (unpaired) electrons. The number of carbonyl (C=O) groups excluding carboxylic acids is 1. The minimum Gasteiger partial charge on any atom is -0.336 e. The Balaban J connectivity index is 1.81. The first-order valence-corrected chi connectivity index (χ1v) is 10.1. The van der Waals surface area contributed by atoms with Gasteiger partial charge >= 0.3 is 6.18 Å². The quantitative estimate of drug-likeness (QED) is 0.473. The van der Waals surface area contributed by atoms with Gasteiger partial charge in [-0.15, -0.1) is 0 Å². The van der Waals surface area contributed by atoms with Crippen molar-refractivity contribution in [1.29, 1.82) is 0 Å². The highest BCUT2D eigenvalue weighted by atomic mass is 19.4. The monoisotopic (exact) mass is 465 g/mol. The van der Waals surface area contributed by atoms with Crippen molar-refractivity contribution in [3.63, 3.8) is 0 Å². The molecular formula is C22H20F5N5O. The number of hydrogen-bond donors (Lipinski definition) is 0. The fourth-order valence-corrected chi connectivity index (χ4v) is 3.31. The van der Waals surface area contributed by atoms with E-state index in [9.17, 15) is 26.7 Å². The molecule has 6 nitrogen and oxygen atoms in total. The molecule has 0 aliphatic heterocycles. The van der Waals surface area contributed by atoms with Gasteiger partial charge in [-0.25, -0.2) is 28.7 Å². The zero-order valence-corrected chi connectivity index (χ0v) is 17.8. The first-order chi connectivity index (χ1) is 15.6. The van der Waals surface area contributed by atoms with Crippen LogP contribution in [0.3, 0.4) is 0 Å². The van der Waals surface area contributed by atoms with E-state index in [-0.39, 0.29) is 35.7 Å². The van der Waals surface area contributed by atoms with E-state index in [4.69, 9.17) is 0 Å². The molecule has 0 spiro atoms. The summed E-state index contributed by atoms with van der Waals surface area (Å²) in [7, 11) is 0. The Morgan fingerprint density at radius 2 is 1.70 bits per heavy atom. The molecule has 1 amide bonds. The molecule has 0 saturated carbocycles. The number of hydrogen-bond acceptors (Lipinski definition) is 5. The summed E-state index contributed by atoms with van der Waals surface area (Å²) in [5.74, 6) is -2.84. The smallest absolute Gasteiger partial charge is 0.336 e. The van der Waals surface area contributed by atoms with E-state index >= 15 is 0 Å². The molecule has 174 valence electrons. The van der Waals surface area contributed by atoms with Crippen LogP contribution in [0.5, 0.6) is 0 Å². The topological polar surface area (TPSA) is 71.9 Å². The number of halogens is 5. The lowest BCUT2D eigenvalue weighted by molar-refractivity contribution is -0.138. The van der Waals surface area contributed by atoms with Crippen LogP contribution in [0.4, 0.5) is 22.0 Å². The van der Waals surface area contributed by atoms with Gasteiger partial charge in [0, 0.05) is 43.8 Å². The van der Waals surface area contributed by atoms with Gasteiger partial charge in [0.1, 0.15) is 5.82 Å². The molecule has 2 aromatic heterocycles. The molecule has 2 heterocycles. The van der Waals surface area contributed by atoms with Gasteiger partial charge < -0.3 is 4.90 Å². The second-order valence-corrected chi connectivity index (χ2v) is 7.22. The van der Waals surface area contributed by atoms with Gasteiger partial charge in [0.2, 0.25) is 0 Å². The van der Waals surface area contributed by atoms with E-state index in [2.05, 4.69) is 19.9 Å². The molecule has 0 bridgehead atoms. The van der Waals surface area contributed by atoms with Crippen molar-refractivity contribution in [2.75, 3.05) is 6.54 Å². The average Bonchev–Trinajstić information content (AvgIpc) is 2.80. The maximum atomic E-state index is 14.6. The molecule has 3 rings (SSSR count). The first-order valence-electron chi connectivity index (χ1n) is 10.1. The summed E-state index contributed by atoms with van der Waals surface area (Å²) in [4.78, 5) is 30.1. The molecule has 0 aliphatic rings. The molecule has 1 atom stereocenters. The predicted octanol–water partition coefficient (Wildman–Crippen LogP) is 4.71. The number of aromatic nitrogens is 4. The number of nitrogens with zero attached hydrogens (tertiary/aromatic N) is 5. The Bertz CT molecular complexity index is 1110. The van der Waals surface area contributed by atoms with Crippen LogP contribution in [-0.4, -0.2) is 43.3 Å². The molecule has 0 N–H and O–H groups in total. The summed E-state index contributed by atoms with van der Waals surface area (Å²) in [5, 5.41) is 0. The Hall–Kier alpha value is -3.50. The highest BCUT2D eigenvalue weighted by molar-refractivity contribution is 6.00. The molecule has 0 saturated heterocycles. The SMILES string of the molecule is CCN(C(=O)c1ccc(F)c(F)c1-c1ncccn1)[C@@H](C)CCc1ncc(C(F)(F)F)cn1. The van der Waals surface area contributed by atoms with Crippen molar-refractivity contribution in [3.8, 4) is 11.4 Å². The van der Waals surface area contributed by atoms with E-state index in [1.54, 1.807) is 13.8 Å². The molecule has 3 aromatic rings. The number of rotatable bonds is 7. The molecule has 33 heavy (non-hydrogen) atoms. The largest absolute Gasteiger partial charge is 0.419 e. The lowest BCUT2D eigenvalue weighted by Crippen LogP contribution is -2.39. The zero-order valence-electron chi connectivity index (χ0n) is 17.8. The van der Waals surface area contributed by atoms with Crippen molar-refractivity contribution in [1.82, 2.24) is 24.8 Å². The normalized spacial score (nSPS) is 12.5. The van der Waals surface area contributed by atoms with Gasteiger partial charge in [-0.05, 0) is 38.5 Å². The maximum absolute atomic E-state index is 14.6. The highest BCUT2D eigenvalue weighted by Gasteiger charge is 2.31. The van der Waals surface area contributed by atoms with Crippen LogP contribution in [0.2, 0.25) is 0 Å². The van der Waals surface area contributed by atoms with E-state index < -0.39 is 35.3 Å². The van der Waals surface area contributed by atoms with Crippen LogP contribution in [-0.2, 0) is 12.6 Å². The highest BCUT2D eigenvalue weighted by Crippen LogP contribution is 2.29. The van der Waals surface area contributed by atoms with Crippen LogP contribution in [0.1, 0.15) is 42.0 Å². The van der Waals surface area contributed by atoms with Crippen LogP contribution >= 0.6 is 0 Å². The van der Waals surface area contributed by atoms with Crippen LogP contribution < -0.4 is 0 Å². The molecule has 0 aliphatic carbocycles. The number of carbonyl (C=O) groups is 1. The molecular weight excluding hydrogens is 445 g/mol. The Morgan fingerprint density at radius 1 is 1.06 bits per heavy atom. The minimum absolute atomic E-state index is 0.0976. The third-order valence-electron chi connectivity index (χ3n) is 5.07. The van der Waals surface area contributed by atoms with E-state index in [0.29, 0.717) is 18.8 Å². The van der Waals surface area contributed by atoms with Gasteiger partial charge in [0.05, 0.1) is 16.7 Å². The van der Waals surface area contributed by atoms with E-state index in [1.165, 1.54) is 29.4 Å². The van der Waals surface area contributed by atoms with Gasteiger partial charge in [-0.3, -0.25) is 4.79 Å². The molecule has 0 unspecified atom stereocenters. The second-order valence-electron chi connectivity index (χ2n) is 7.22. The number of alkyl halides is 3. The standard InChI is InChI=1S/C22H20F5N5O/c1-3-32(13(2)5-8-17-30-11-14(12-31-17)22(25,26)27)21(33)15-6-7-16(23)19(24)18(15)20-28-9-4-10-29-20/h4,6-7,9-13H,3,5,8H2,1-2H3/t13-/m0/s1. The van der Waals surface area contributed by atoms with E-state index in [1.807, 2.05) is 0 Å². The second kappa shape index (κ2) is 9.97. The maximum Gasteiger partial charge on any atom is 0.419 e. The summed E-state index contributed by atoms with van der Waals surface area (Å²) >= 11 is 0. The summed E-state index contributed by atoms with van der Waals surface area (Å²) in [6, 6.07) is 3.15. The van der Waals surface area contributed by atoms with Gasteiger partial charge in [0.15, 0.2) is 17.5 Å². The summed E-state index contributed by atoms with van der Waals surface area (Å²) in [6.07, 6.45) is 0.159. The number of benzene rings is 1. The third kappa shape index (κ3) is 5.47. The Labute approximate surface area is 186 Å².